The first-order valence-electron chi connectivity index (χ1n) is 10.6. The molecule has 31 heavy (non-hydrogen) atoms. The van der Waals surface area contributed by atoms with E-state index in [4.69, 9.17) is 4.74 Å². The number of benzene rings is 2. The molecular formula is C24H31N3O4. The Bertz CT molecular complexity index is 875. The number of hydrogen-bond donors (Lipinski definition) is 3. The highest BCUT2D eigenvalue weighted by molar-refractivity contribution is 5.96. The van der Waals surface area contributed by atoms with E-state index >= 15 is 0 Å². The smallest absolute Gasteiger partial charge is 0.329 e. The largest absolute Gasteiger partial charge is 0.454 e. The van der Waals surface area contributed by atoms with Crippen molar-refractivity contribution < 1.29 is 19.1 Å². The van der Waals surface area contributed by atoms with Crippen LogP contribution in [0.2, 0.25) is 0 Å². The molecule has 0 saturated carbocycles. The van der Waals surface area contributed by atoms with Gasteiger partial charge in [-0.05, 0) is 42.0 Å². The number of hydrogen-bond acceptors (Lipinski definition) is 4. The molecule has 2 rings (SSSR count). The Morgan fingerprint density at radius 2 is 1.48 bits per heavy atom. The normalized spacial score (nSPS) is 11.5. The molecule has 0 bridgehead atoms. The third kappa shape index (κ3) is 7.13. The highest BCUT2D eigenvalue weighted by Gasteiger charge is 2.26. The van der Waals surface area contributed by atoms with Crippen LogP contribution < -0.4 is 16.0 Å². The first kappa shape index (κ1) is 23.9. The van der Waals surface area contributed by atoms with Gasteiger partial charge in [-0.15, -0.1) is 0 Å². The lowest BCUT2D eigenvalue weighted by atomic mass is 10.0. The van der Waals surface area contributed by atoms with Crippen LogP contribution in [0.5, 0.6) is 0 Å². The van der Waals surface area contributed by atoms with Crippen LogP contribution in [0.3, 0.4) is 0 Å². The molecule has 2 aromatic rings. The standard InChI is InChI=1S/C24H31N3O4/c1-5-17-11-10-12-18(6-2)22(17)26-20(28)15-31-23(29)21(16(3)4)27-24(30)25-19-13-8-7-9-14-19/h7-14,16,21H,5-6,15H2,1-4H3,(H,26,28)(H2,25,27,30)/t21-/m1/s1. The fourth-order valence-electron chi connectivity index (χ4n) is 3.13. The number of carbonyl (C=O) groups is 3. The van der Waals surface area contributed by atoms with Crippen molar-refractivity contribution in [2.24, 2.45) is 5.92 Å². The van der Waals surface area contributed by atoms with Crippen LogP contribution in [0.4, 0.5) is 16.2 Å². The van der Waals surface area contributed by atoms with Crippen LogP contribution in [0.1, 0.15) is 38.8 Å². The topological polar surface area (TPSA) is 96.5 Å². The van der Waals surface area contributed by atoms with Gasteiger partial charge in [-0.2, -0.15) is 0 Å². The number of urea groups is 1. The van der Waals surface area contributed by atoms with Gasteiger partial charge < -0.3 is 20.7 Å². The lowest BCUT2D eigenvalue weighted by Crippen LogP contribution is -2.47. The zero-order chi connectivity index (χ0) is 22.8. The lowest BCUT2D eigenvalue weighted by molar-refractivity contribution is -0.150. The van der Waals surface area contributed by atoms with Crippen LogP contribution in [0.15, 0.2) is 48.5 Å². The summed E-state index contributed by atoms with van der Waals surface area (Å²) in [5, 5.41) is 8.15. The van der Waals surface area contributed by atoms with Crippen molar-refractivity contribution in [3.8, 4) is 0 Å². The zero-order valence-corrected chi connectivity index (χ0v) is 18.5. The Labute approximate surface area is 183 Å². The Hall–Kier alpha value is -3.35. The summed E-state index contributed by atoms with van der Waals surface area (Å²) in [4.78, 5) is 37.2. The van der Waals surface area contributed by atoms with Crippen molar-refractivity contribution >= 4 is 29.3 Å². The summed E-state index contributed by atoms with van der Waals surface area (Å²) in [5.74, 6) is -1.29. The molecule has 0 spiro atoms. The zero-order valence-electron chi connectivity index (χ0n) is 18.5. The molecule has 0 aliphatic heterocycles. The van der Waals surface area contributed by atoms with Crippen molar-refractivity contribution in [1.82, 2.24) is 5.32 Å². The van der Waals surface area contributed by atoms with Gasteiger partial charge in [0.15, 0.2) is 6.61 Å². The van der Waals surface area contributed by atoms with Crippen molar-refractivity contribution in [3.05, 3.63) is 59.7 Å². The fourth-order valence-corrected chi connectivity index (χ4v) is 3.13. The molecule has 0 saturated heterocycles. The second-order valence-electron chi connectivity index (χ2n) is 7.50. The second-order valence-corrected chi connectivity index (χ2v) is 7.50. The molecule has 0 radical (unpaired) electrons. The summed E-state index contributed by atoms with van der Waals surface area (Å²) < 4.78 is 5.20. The van der Waals surface area contributed by atoms with Gasteiger partial charge in [0, 0.05) is 11.4 Å². The minimum Gasteiger partial charge on any atom is -0.454 e. The number of anilines is 2. The molecule has 1 atom stereocenters. The maximum absolute atomic E-state index is 12.5. The molecular weight excluding hydrogens is 394 g/mol. The van der Waals surface area contributed by atoms with E-state index < -0.39 is 30.6 Å². The van der Waals surface area contributed by atoms with Gasteiger partial charge in [0.05, 0.1) is 0 Å². The summed E-state index contributed by atoms with van der Waals surface area (Å²) in [5.41, 5.74) is 3.43. The van der Waals surface area contributed by atoms with E-state index in [1.165, 1.54) is 0 Å². The Balaban J connectivity index is 1.94. The fraction of sp³-hybridized carbons (Fsp3) is 0.375. The summed E-state index contributed by atoms with van der Waals surface area (Å²) in [6, 6.07) is 13.4. The number of nitrogens with one attached hydrogen (secondary N) is 3. The molecule has 3 N–H and O–H groups in total. The quantitative estimate of drug-likeness (QED) is 0.526. The number of aryl methyl sites for hydroxylation is 2. The third-order valence-corrected chi connectivity index (χ3v) is 4.85. The van der Waals surface area contributed by atoms with E-state index in [0.717, 1.165) is 29.7 Å². The van der Waals surface area contributed by atoms with E-state index in [1.807, 2.05) is 38.1 Å². The average Bonchev–Trinajstić information content (AvgIpc) is 2.76. The van der Waals surface area contributed by atoms with Crippen LogP contribution in [0.25, 0.3) is 0 Å². The Morgan fingerprint density at radius 3 is 2.03 bits per heavy atom. The minimum absolute atomic E-state index is 0.218. The maximum Gasteiger partial charge on any atom is 0.329 e. The minimum atomic E-state index is -0.884. The summed E-state index contributed by atoms with van der Waals surface area (Å²) in [6.07, 6.45) is 1.55. The van der Waals surface area contributed by atoms with Gasteiger partial charge in [0.1, 0.15) is 6.04 Å². The molecule has 2 aromatic carbocycles. The van der Waals surface area contributed by atoms with Gasteiger partial charge in [0.25, 0.3) is 5.91 Å². The summed E-state index contributed by atoms with van der Waals surface area (Å²) in [6.45, 7) is 7.19. The van der Waals surface area contributed by atoms with E-state index in [2.05, 4.69) is 16.0 Å². The average molecular weight is 426 g/mol. The molecule has 3 amide bonds. The highest BCUT2D eigenvalue weighted by Crippen LogP contribution is 2.22. The first-order chi connectivity index (χ1) is 14.8. The number of carbonyl (C=O) groups excluding carboxylic acids is 3. The van der Waals surface area contributed by atoms with E-state index in [0.29, 0.717) is 5.69 Å². The molecule has 0 aliphatic carbocycles. The van der Waals surface area contributed by atoms with Crippen LogP contribution in [0, 0.1) is 5.92 Å². The molecule has 166 valence electrons. The van der Waals surface area contributed by atoms with Crippen molar-refractivity contribution in [3.63, 3.8) is 0 Å². The van der Waals surface area contributed by atoms with Crippen LogP contribution >= 0.6 is 0 Å². The second kappa shape index (κ2) is 11.7. The summed E-state index contributed by atoms with van der Waals surface area (Å²) in [7, 11) is 0. The lowest BCUT2D eigenvalue weighted by Gasteiger charge is -2.21. The number of ether oxygens (including phenoxy) is 1. The molecule has 0 aromatic heterocycles. The van der Waals surface area contributed by atoms with Gasteiger partial charge in [-0.3, -0.25) is 4.79 Å². The number of amides is 3. The first-order valence-corrected chi connectivity index (χ1v) is 10.6. The van der Waals surface area contributed by atoms with Crippen molar-refractivity contribution in [2.75, 3.05) is 17.2 Å². The third-order valence-electron chi connectivity index (χ3n) is 4.85. The predicted octanol–water partition coefficient (Wildman–Crippen LogP) is 4.14. The van der Waals surface area contributed by atoms with Crippen molar-refractivity contribution in [2.45, 2.75) is 46.6 Å². The molecule has 7 heteroatoms. The Kier molecular flexibility index (Phi) is 9.06. The Morgan fingerprint density at radius 1 is 0.871 bits per heavy atom. The SMILES string of the molecule is CCc1cccc(CC)c1NC(=O)COC(=O)[C@H](NC(=O)Nc1ccccc1)C(C)C. The molecule has 0 unspecified atom stereocenters. The van der Waals surface area contributed by atoms with E-state index in [1.54, 1.807) is 38.1 Å². The van der Waals surface area contributed by atoms with Crippen LogP contribution in [-0.2, 0) is 27.2 Å². The van der Waals surface area contributed by atoms with Crippen LogP contribution in [-0.4, -0.2) is 30.6 Å². The number of esters is 1. The number of rotatable bonds is 9. The monoisotopic (exact) mass is 425 g/mol. The van der Waals surface area contributed by atoms with Gasteiger partial charge in [0.2, 0.25) is 0 Å². The predicted molar refractivity (Wildman–Crippen MR) is 122 cm³/mol. The maximum atomic E-state index is 12.5. The number of para-hydroxylation sites is 2. The van der Waals surface area contributed by atoms with Gasteiger partial charge in [-0.25, -0.2) is 9.59 Å². The van der Waals surface area contributed by atoms with Gasteiger partial charge in [-0.1, -0.05) is 64.1 Å². The molecule has 0 fully saturated rings. The molecule has 0 heterocycles. The van der Waals surface area contributed by atoms with Crippen molar-refractivity contribution in [1.29, 1.82) is 0 Å². The summed E-state index contributed by atoms with van der Waals surface area (Å²) >= 11 is 0. The molecule has 7 nitrogen and oxygen atoms in total. The van der Waals surface area contributed by atoms with Gasteiger partial charge >= 0.3 is 12.0 Å². The van der Waals surface area contributed by atoms with E-state index in [-0.39, 0.29) is 5.92 Å². The van der Waals surface area contributed by atoms with E-state index in [9.17, 15) is 14.4 Å². The highest BCUT2D eigenvalue weighted by atomic mass is 16.5. The molecule has 0 aliphatic rings.